The molecule has 416 valence electrons. The lowest BCUT2D eigenvalue weighted by atomic mass is 9.87. The molecule has 1 aromatic heterocycles. The minimum atomic E-state index is -1.27. The van der Waals surface area contributed by atoms with Gasteiger partial charge in [-0.3, -0.25) is 33.6 Å². The smallest absolute Gasteiger partial charge is 0.306 e. The molecule has 5 aromatic carbocycles. The molecule has 2 aliphatic rings. The van der Waals surface area contributed by atoms with Gasteiger partial charge in [-0.05, 0) is 78.2 Å². The number of nitrogens with zero attached hydrogens (tertiary/aromatic N) is 1. The average molecular weight is 1070 g/mol. The van der Waals surface area contributed by atoms with Crippen molar-refractivity contribution in [2.45, 2.75) is 135 Å². The SMILES string of the molecule is CC.CCCCC[C@@H]1NC(=O)[C@@H](Cc2c[nH]c3ccccc23)CC(=O)[C@H](c2ccccc2)NC(=O)[C@@H]2C[C@@H](OC(=O)CCCN)CN2C(=O)[C@H](Cc2ccccc2)NC(=O)[C@H](Cc2ccc(OCc3ccccc3)cc2)CC1=O. The van der Waals surface area contributed by atoms with Gasteiger partial charge in [0.2, 0.25) is 23.6 Å². The Labute approximate surface area is 463 Å². The molecular weight excluding hydrogens is 997 g/mol. The maximum Gasteiger partial charge on any atom is 0.306 e. The summed E-state index contributed by atoms with van der Waals surface area (Å²) >= 11 is 0. The van der Waals surface area contributed by atoms with E-state index in [2.05, 4.69) is 20.9 Å². The molecule has 6 N–H and O–H groups in total. The van der Waals surface area contributed by atoms with Crippen LogP contribution in [0, 0.1) is 11.8 Å². The van der Waals surface area contributed by atoms with E-state index in [0.29, 0.717) is 42.7 Å². The maximum absolute atomic E-state index is 15.4. The fourth-order valence-electron chi connectivity index (χ4n) is 10.4. The van der Waals surface area contributed by atoms with E-state index >= 15 is 28.8 Å². The molecule has 0 radical (unpaired) electrons. The second-order valence-electron chi connectivity index (χ2n) is 20.3. The van der Waals surface area contributed by atoms with Crippen LogP contribution in [0.25, 0.3) is 10.9 Å². The van der Waals surface area contributed by atoms with E-state index in [0.717, 1.165) is 40.4 Å². The van der Waals surface area contributed by atoms with Gasteiger partial charge in [0, 0.05) is 61.0 Å². The number of carbonyl (C=O) groups excluding carboxylic acids is 7. The van der Waals surface area contributed by atoms with E-state index in [1.165, 1.54) is 4.90 Å². The molecule has 0 bridgehead atoms. The molecule has 0 spiro atoms. The van der Waals surface area contributed by atoms with Crippen LogP contribution < -0.4 is 26.4 Å². The number of unbranched alkanes of at least 4 members (excludes halogenated alkanes) is 2. The lowest BCUT2D eigenvalue weighted by Crippen LogP contribution is -2.56. The highest BCUT2D eigenvalue weighted by molar-refractivity contribution is 5.99. The number of ketones is 2. The van der Waals surface area contributed by atoms with Gasteiger partial charge in [-0.15, -0.1) is 0 Å². The van der Waals surface area contributed by atoms with Gasteiger partial charge in [0.1, 0.15) is 36.6 Å². The molecule has 15 nitrogen and oxygen atoms in total. The molecule has 0 unspecified atom stereocenters. The summed E-state index contributed by atoms with van der Waals surface area (Å²) in [6, 6.07) is 37.7. The Morgan fingerprint density at radius 3 is 1.92 bits per heavy atom. The highest BCUT2D eigenvalue weighted by atomic mass is 16.5. The zero-order valence-electron chi connectivity index (χ0n) is 45.7. The monoisotopic (exact) mass is 1070 g/mol. The molecule has 8 rings (SSSR count). The summed E-state index contributed by atoms with van der Waals surface area (Å²) in [5.41, 5.74) is 10.2. The third-order valence-corrected chi connectivity index (χ3v) is 14.6. The molecule has 2 saturated heterocycles. The van der Waals surface area contributed by atoms with Gasteiger partial charge in [0.15, 0.2) is 11.6 Å². The zero-order chi connectivity index (χ0) is 56.1. The Balaban J connectivity index is 0.00000446. The Bertz CT molecular complexity index is 2950. The zero-order valence-corrected chi connectivity index (χ0v) is 45.7. The topological polar surface area (TPSA) is 219 Å². The van der Waals surface area contributed by atoms with E-state index in [4.69, 9.17) is 15.2 Å². The number of rotatable bonds is 18. The average Bonchev–Trinajstić information content (AvgIpc) is 4.19. The van der Waals surface area contributed by atoms with Crippen molar-refractivity contribution in [2.75, 3.05) is 13.1 Å². The van der Waals surface area contributed by atoms with E-state index < -0.39 is 77.5 Å². The van der Waals surface area contributed by atoms with Crippen molar-refractivity contribution in [3.8, 4) is 5.75 Å². The number of carbonyl (C=O) groups is 7. The van der Waals surface area contributed by atoms with Crippen LogP contribution in [-0.4, -0.2) is 88.4 Å². The first-order valence-electron chi connectivity index (χ1n) is 28.0. The molecule has 0 saturated carbocycles. The second kappa shape index (κ2) is 29.7. The van der Waals surface area contributed by atoms with Crippen molar-refractivity contribution in [2.24, 2.45) is 17.6 Å². The number of hydrogen-bond donors (Lipinski definition) is 5. The van der Waals surface area contributed by atoms with E-state index in [-0.39, 0.29) is 63.8 Å². The third kappa shape index (κ3) is 16.6. The van der Waals surface area contributed by atoms with Crippen LogP contribution in [0.3, 0.4) is 0 Å². The number of para-hydroxylation sites is 1. The minimum absolute atomic E-state index is 0.0178. The lowest BCUT2D eigenvalue weighted by Gasteiger charge is -2.31. The summed E-state index contributed by atoms with van der Waals surface area (Å²) in [5, 5.41) is 9.94. The third-order valence-electron chi connectivity index (χ3n) is 14.6. The van der Waals surface area contributed by atoms with Gasteiger partial charge in [-0.2, -0.15) is 0 Å². The van der Waals surface area contributed by atoms with E-state index in [9.17, 15) is 4.79 Å². The maximum atomic E-state index is 15.4. The molecule has 6 aromatic rings. The Kier molecular flexibility index (Phi) is 22.1. The fraction of sp³-hybridized carbons (Fsp3) is 0.391. The first-order valence-corrected chi connectivity index (χ1v) is 28.0. The highest BCUT2D eigenvalue weighted by Crippen LogP contribution is 2.29. The molecule has 2 aliphatic heterocycles. The van der Waals surface area contributed by atoms with Crippen LogP contribution in [0.1, 0.15) is 112 Å². The van der Waals surface area contributed by atoms with Gasteiger partial charge < -0.3 is 41.0 Å². The molecule has 79 heavy (non-hydrogen) atoms. The number of Topliss-reactive ketones (excluding diaryl/α,β-unsaturated/α-hetero) is 2. The number of aromatic amines is 1. The number of H-pyrrole nitrogens is 1. The van der Waals surface area contributed by atoms with Gasteiger partial charge in [-0.25, -0.2) is 0 Å². The number of nitrogens with one attached hydrogen (secondary N) is 4. The predicted molar refractivity (Wildman–Crippen MR) is 304 cm³/mol. The normalized spacial score (nSPS) is 21.4. The molecule has 7 atom stereocenters. The Morgan fingerprint density at radius 2 is 1.24 bits per heavy atom. The van der Waals surface area contributed by atoms with Crippen LogP contribution >= 0.6 is 0 Å². The van der Waals surface area contributed by atoms with Crippen molar-refractivity contribution < 1.29 is 43.0 Å². The van der Waals surface area contributed by atoms with Crippen molar-refractivity contribution in [1.29, 1.82) is 0 Å². The first kappa shape index (κ1) is 58.8. The quantitative estimate of drug-likeness (QED) is 0.0408. The summed E-state index contributed by atoms with van der Waals surface area (Å²) in [7, 11) is 0. The van der Waals surface area contributed by atoms with Crippen LogP contribution in [-0.2, 0) is 64.2 Å². The van der Waals surface area contributed by atoms with Gasteiger partial charge in [0.25, 0.3) is 0 Å². The van der Waals surface area contributed by atoms with Crippen LogP contribution in [0.4, 0.5) is 0 Å². The molecule has 15 heteroatoms. The van der Waals surface area contributed by atoms with E-state index in [1.54, 1.807) is 30.3 Å². The number of ether oxygens (including phenoxy) is 2. The summed E-state index contributed by atoms with van der Waals surface area (Å²) in [6.45, 7) is 6.48. The molecule has 4 amide bonds. The summed E-state index contributed by atoms with van der Waals surface area (Å²) in [6.07, 6.45) is 3.35. The standard InChI is InChI=1S/C62H70N6O9.C2H6/c1-2-3-7-25-52-55(69)35-45(32-42-27-29-48(30-28-42)76-40-43-19-10-5-11-20-43)59(72)66-53(33-41-17-8-4-9-18-41)62(75)68-39-49(77-57(71)26-16-31-63)37-54(68)61(74)67-58(44-21-12-6-13-22-44)56(70)36-46(60(73)65-52)34-47-38-64-51-24-15-14-23-50(47)51;1-2/h4-6,8-15,17-24,27-30,38,45-46,49,52-54,58,64H,2-3,7,16,25-26,31-37,39-40,63H2,1H3,(H,65,73)(H,66,72)(H,67,74);1-2H3/t45-,46+,49-,52+,53+,54+,58+;/m1./s1. The van der Waals surface area contributed by atoms with E-state index in [1.807, 2.05) is 136 Å². The predicted octanol–water partition coefficient (Wildman–Crippen LogP) is 8.62. The fourth-order valence-corrected chi connectivity index (χ4v) is 10.4. The van der Waals surface area contributed by atoms with Crippen LogP contribution in [0.2, 0.25) is 0 Å². The van der Waals surface area contributed by atoms with Gasteiger partial charge >= 0.3 is 5.97 Å². The summed E-state index contributed by atoms with van der Waals surface area (Å²) < 4.78 is 11.9. The number of benzene rings is 5. The van der Waals surface area contributed by atoms with Crippen molar-refractivity contribution in [3.05, 3.63) is 174 Å². The van der Waals surface area contributed by atoms with Crippen LogP contribution in [0.5, 0.6) is 5.75 Å². The molecular formula is C64H76N6O9. The number of aromatic nitrogens is 1. The molecule has 0 aliphatic carbocycles. The number of fused-ring (bicyclic) bond motifs is 2. The summed E-state index contributed by atoms with van der Waals surface area (Å²) in [5.74, 6) is -5.18. The Morgan fingerprint density at radius 1 is 0.633 bits per heavy atom. The first-order chi connectivity index (χ1) is 38.5. The van der Waals surface area contributed by atoms with Crippen molar-refractivity contribution >= 4 is 52.1 Å². The van der Waals surface area contributed by atoms with Crippen LogP contribution in [0.15, 0.2) is 146 Å². The Hall–Kier alpha value is -7.91. The number of amides is 4. The number of hydrogen-bond acceptors (Lipinski definition) is 10. The molecule has 3 heterocycles. The number of esters is 1. The van der Waals surface area contributed by atoms with Crippen molar-refractivity contribution in [3.63, 3.8) is 0 Å². The van der Waals surface area contributed by atoms with Gasteiger partial charge in [-0.1, -0.05) is 161 Å². The molecule has 2 fully saturated rings. The summed E-state index contributed by atoms with van der Waals surface area (Å²) in [4.78, 5) is 108. The van der Waals surface area contributed by atoms with Gasteiger partial charge in [0.05, 0.1) is 12.6 Å². The largest absolute Gasteiger partial charge is 0.489 e. The highest BCUT2D eigenvalue weighted by Gasteiger charge is 2.45. The number of nitrogens with two attached hydrogens (primary N) is 1. The lowest BCUT2D eigenvalue weighted by molar-refractivity contribution is -0.149. The second-order valence-corrected chi connectivity index (χ2v) is 20.3. The van der Waals surface area contributed by atoms with Crippen molar-refractivity contribution in [1.82, 2.24) is 25.8 Å². The minimum Gasteiger partial charge on any atom is -0.489 e.